The van der Waals surface area contributed by atoms with Crippen molar-refractivity contribution < 1.29 is 14.2 Å². The molecule has 1 aromatic heterocycles. The van der Waals surface area contributed by atoms with Gasteiger partial charge in [0.1, 0.15) is 6.10 Å². The van der Waals surface area contributed by atoms with E-state index >= 15 is 0 Å². The quantitative estimate of drug-likeness (QED) is 0.645. The van der Waals surface area contributed by atoms with Gasteiger partial charge in [0.2, 0.25) is 0 Å². The molecule has 0 aliphatic carbocycles. The van der Waals surface area contributed by atoms with E-state index in [4.69, 9.17) is 19.9 Å². The van der Waals surface area contributed by atoms with Gasteiger partial charge in [-0.3, -0.25) is 4.98 Å². The maximum absolute atomic E-state index is 5.64. The van der Waals surface area contributed by atoms with E-state index in [0.29, 0.717) is 33.0 Å². The van der Waals surface area contributed by atoms with Gasteiger partial charge in [-0.2, -0.15) is 0 Å². The van der Waals surface area contributed by atoms with Gasteiger partial charge in [-0.1, -0.05) is 6.07 Å². The lowest BCUT2D eigenvalue weighted by Gasteiger charge is -2.15. The molecule has 0 saturated heterocycles. The minimum absolute atomic E-state index is 0.165. The van der Waals surface area contributed by atoms with Crippen molar-refractivity contribution in [1.82, 2.24) is 4.98 Å². The number of rotatable bonds is 9. The van der Waals surface area contributed by atoms with Crippen LogP contribution in [0.5, 0.6) is 0 Å². The number of hydrogen-bond acceptors (Lipinski definition) is 5. The third-order valence-corrected chi connectivity index (χ3v) is 2.21. The molecular weight excluding hydrogens is 220 g/mol. The Hall–Kier alpha value is -1.01. The lowest BCUT2D eigenvalue weighted by atomic mass is 10.2. The Morgan fingerprint density at radius 3 is 2.71 bits per heavy atom. The zero-order valence-corrected chi connectivity index (χ0v) is 10.2. The summed E-state index contributed by atoms with van der Waals surface area (Å²) in [4.78, 5) is 4.21. The molecule has 1 aromatic rings. The van der Waals surface area contributed by atoms with Crippen LogP contribution in [0.2, 0.25) is 0 Å². The molecule has 0 saturated carbocycles. The smallest absolute Gasteiger partial charge is 0.112 e. The maximum atomic E-state index is 5.64. The minimum atomic E-state index is -0.165. The molecule has 1 atom stereocenters. The molecular formula is C12H20N2O3. The molecule has 17 heavy (non-hydrogen) atoms. The molecule has 0 aliphatic heterocycles. The second-order valence-electron chi connectivity index (χ2n) is 3.45. The van der Waals surface area contributed by atoms with Gasteiger partial charge in [0.25, 0.3) is 0 Å². The van der Waals surface area contributed by atoms with Crippen molar-refractivity contribution in [2.75, 3.05) is 40.1 Å². The van der Waals surface area contributed by atoms with Gasteiger partial charge in [0.15, 0.2) is 0 Å². The van der Waals surface area contributed by atoms with Crippen LogP contribution >= 0.6 is 0 Å². The molecule has 1 unspecified atom stereocenters. The van der Waals surface area contributed by atoms with Gasteiger partial charge in [-0.05, 0) is 12.1 Å². The van der Waals surface area contributed by atoms with Crippen molar-refractivity contribution in [2.24, 2.45) is 5.73 Å². The van der Waals surface area contributed by atoms with Crippen LogP contribution in [0.3, 0.4) is 0 Å². The summed E-state index contributed by atoms with van der Waals surface area (Å²) in [5.41, 5.74) is 6.50. The van der Waals surface area contributed by atoms with Crippen molar-refractivity contribution in [3.8, 4) is 0 Å². The predicted molar refractivity (Wildman–Crippen MR) is 64.7 cm³/mol. The standard InChI is InChI=1S/C12H20N2O3/c1-15-6-7-16-8-9-17-12(10-13)11-4-2-3-5-14-11/h2-5,12H,6-10,13H2,1H3. The first kappa shape index (κ1) is 14.1. The van der Waals surface area contributed by atoms with E-state index in [9.17, 15) is 0 Å². The summed E-state index contributed by atoms with van der Waals surface area (Å²) >= 11 is 0. The Morgan fingerprint density at radius 2 is 2.06 bits per heavy atom. The van der Waals surface area contributed by atoms with Crippen molar-refractivity contribution >= 4 is 0 Å². The normalized spacial score (nSPS) is 12.6. The second-order valence-corrected chi connectivity index (χ2v) is 3.45. The van der Waals surface area contributed by atoms with E-state index in [1.807, 2.05) is 18.2 Å². The Balaban J connectivity index is 2.20. The van der Waals surface area contributed by atoms with E-state index in [0.717, 1.165) is 5.69 Å². The SMILES string of the molecule is COCCOCCOC(CN)c1ccccn1. The average molecular weight is 240 g/mol. The number of ether oxygens (including phenoxy) is 3. The fourth-order valence-corrected chi connectivity index (χ4v) is 1.33. The number of hydrogen-bond donors (Lipinski definition) is 1. The zero-order valence-electron chi connectivity index (χ0n) is 10.2. The van der Waals surface area contributed by atoms with Gasteiger partial charge in [0, 0.05) is 19.9 Å². The fraction of sp³-hybridized carbons (Fsp3) is 0.583. The lowest BCUT2D eigenvalue weighted by Crippen LogP contribution is -2.19. The number of methoxy groups -OCH3 is 1. The maximum Gasteiger partial charge on any atom is 0.112 e. The zero-order chi connectivity index (χ0) is 12.3. The number of nitrogens with two attached hydrogens (primary N) is 1. The molecule has 0 spiro atoms. The van der Waals surface area contributed by atoms with Gasteiger partial charge in [0.05, 0.1) is 32.1 Å². The van der Waals surface area contributed by atoms with Crippen LogP contribution in [0.25, 0.3) is 0 Å². The molecule has 1 heterocycles. The Labute approximate surface area is 102 Å². The highest BCUT2D eigenvalue weighted by Gasteiger charge is 2.10. The van der Waals surface area contributed by atoms with Crippen LogP contribution in [0.4, 0.5) is 0 Å². The van der Waals surface area contributed by atoms with E-state index in [2.05, 4.69) is 4.98 Å². The topological polar surface area (TPSA) is 66.6 Å². The largest absolute Gasteiger partial charge is 0.382 e. The molecule has 1 rings (SSSR count). The highest BCUT2D eigenvalue weighted by atomic mass is 16.5. The van der Waals surface area contributed by atoms with Crippen LogP contribution in [0, 0.1) is 0 Å². The van der Waals surface area contributed by atoms with Crippen LogP contribution in [0.1, 0.15) is 11.8 Å². The number of aromatic nitrogens is 1. The van der Waals surface area contributed by atoms with E-state index in [1.54, 1.807) is 13.3 Å². The molecule has 96 valence electrons. The summed E-state index contributed by atoms with van der Waals surface area (Å²) in [5, 5.41) is 0. The predicted octanol–water partition coefficient (Wildman–Crippen LogP) is 0.761. The molecule has 0 bridgehead atoms. The van der Waals surface area contributed by atoms with Crippen molar-refractivity contribution in [3.63, 3.8) is 0 Å². The summed E-state index contributed by atoms with van der Waals surface area (Å²) in [7, 11) is 1.64. The molecule has 0 fully saturated rings. The van der Waals surface area contributed by atoms with E-state index in [1.165, 1.54) is 0 Å². The highest BCUT2D eigenvalue weighted by molar-refractivity contribution is 5.07. The van der Waals surface area contributed by atoms with Crippen LogP contribution < -0.4 is 5.73 Å². The molecule has 0 radical (unpaired) electrons. The van der Waals surface area contributed by atoms with E-state index in [-0.39, 0.29) is 6.10 Å². The molecule has 0 amide bonds. The molecule has 5 nitrogen and oxygen atoms in total. The summed E-state index contributed by atoms with van der Waals surface area (Å²) in [6.07, 6.45) is 1.57. The summed E-state index contributed by atoms with van der Waals surface area (Å²) in [6, 6.07) is 5.69. The Kier molecular flexibility index (Phi) is 7.49. The third-order valence-electron chi connectivity index (χ3n) is 2.21. The van der Waals surface area contributed by atoms with Gasteiger partial charge < -0.3 is 19.9 Å². The Morgan fingerprint density at radius 1 is 1.24 bits per heavy atom. The number of nitrogens with zero attached hydrogens (tertiary/aromatic N) is 1. The Bertz CT molecular complexity index is 282. The van der Waals surface area contributed by atoms with Crippen LogP contribution in [-0.2, 0) is 14.2 Å². The molecule has 0 aliphatic rings. The van der Waals surface area contributed by atoms with Gasteiger partial charge in [-0.15, -0.1) is 0 Å². The molecule has 2 N–H and O–H groups in total. The first-order chi connectivity index (χ1) is 8.38. The van der Waals surface area contributed by atoms with Crippen molar-refractivity contribution in [3.05, 3.63) is 30.1 Å². The van der Waals surface area contributed by atoms with Gasteiger partial charge in [-0.25, -0.2) is 0 Å². The van der Waals surface area contributed by atoms with Crippen molar-refractivity contribution in [1.29, 1.82) is 0 Å². The van der Waals surface area contributed by atoms with Crippen molar-refractivity contribution in [2.45, 2.75) is 6.10 Å². The number of pyridine rings is 1. The highest BCUT2D eigenvalue weighted by Crippen LogP contribution is 2.12. The van der Waals surface area contributed by atoms with Crippen LogP contribution in [-0.4, -0.2) is 45.1 Å². The molecule has 5 heteroatoms. The van der Waals surface area contributed by atoms with Crippen LogP contribution in [0.15, 0.2) is 24.4 Å². The first-order valence-corrected chi connectivity index (χ1v) is 5.67. The van der Waals surface area contributed by atoms with E-state index < -0.39 is 0 Å². The third kappa shape index (κ3) is 5.74. The summed E-state index contributed by atoms with van der Waals surface area (Å²) in [5.74, 6) is 0. The average Bonchev–Trinajstić information content (AvgIpc) is 2.39. The summed E-state index contributed by atoms with van der Waals surface area (Å²) < 4.78 is 15.8. The summed E-state index contributed by atoms with van der Waals surface area (Å²) in [6.45, 7) is 2.63. The second kappa shape index (κ2) is 9.07. The lowest BCUT2D eigenvalue weighted by molar-refractivity contribution is -0.00553. The fourth-order valence-electron chi connectivity index (χ4n) is 1.33. The minimum Gasteiger partial charge on any atom is -0.382 e. The van der Waals surface area contributed by atoms with Gasteiger partial charge >= 0.3 is 0 Å². The monoisotopic (exact) mass is 240 g/mol. The molecule has 0 aromatic carbocycles. The first-order valence-electron chi connectivity index (χ1n) is 5.67.